The summed E-state index contributed by atoms with van der Waals surface area (Å²) in [5, 5.41) is 4.29. The van der Waals surface area contributed by atoms with E-state index in [1.807, 2.05) is 24.3 Å². The molecular weight excluding hydrogens is 274 g/mol. The number of fused-ring (bicyclic) bond motifs is 1. The summed E-state index contributed by atoms with van der Waals surface area (Å²) in [6.45, 7) is 1.49. The first-order chi connectivity index (χ1) is 8.56. The molecule has 1 aromatic heterocycles. The smallest absolute Gasteiger partial charge is 0.283 e. The van der Waals surface area contributed by atoms with E-state index in [0.29, 0.717) is 5.13 Å². The van der Waals surface area contributed by atoms with E-state index in [1.54, 1.807) is 0 Å². The van der Waals surface area contributed by atoms with Crippen LogP contribution in [0.1, 0.15) is 6.92 Å². The van der Waals surface area contributed by atoms with Crippen LogP contribution in [0.2, 0.25) is 0 Å². The molecule has 2 rings (SSSR count). The minimum Gasteiger partial charge on any atom is -0.283 e. The fourth-order valence-corrected chi connectivity index (χ4v) is 2.18. The average molecular weight is 284 g/mol. The van der Waals surface area contributed by atoms with E-state index in [0.717, 1.165) is 10.2 Å². The summed E-state index contributed by atoms with van der Waals surface area (Å²) in [5.41, 5.74) is 0.801. The lowest BCUT2D eigenvalue weighted by atomic mass is 10.3. The second-order valence-electron chi connectivity index (χ2n) is 3.55. The number of urea groups is 1. The highest BCUT2D eigenvalue weighted by Crippen LogP contribution is 2.25. The molecule has 0 radical (unpaired) electrons. The first-order valence-electron chi connectivity index (χ1n) is 5.18. The van der Waals surface area contributed by atoms with E-state index in [-0.39, 0.29) is 0 Å². The number of thiazole rings is 1. The highest BCUT2D eigenvalue weighted by Gasteiger charge is 2.14. The van der Waals surface area contributed by atoms with Gasteiger partial charge >= 0.3 is 6.03 Å². The number of amides is 3. The maximum Gasteiger partial charge on any atom is 0.327 e. The van der Waals surface area contributed by atoms with E-state index >= 15 is 0 Å². The van der Waals surface area contributed by atoms with Gasteiger partial charge in [0.25, 0.3) is 0 Å². The molecule has 0 aliphatic carbocycles. The van der Waals surface area contributed by atoms with Crippen LogP contribution in [0.4, 0.5) is 9.93 Å². The first kappa shape index (κ1) is 12.8. The van der Waals surface area contributed by atoms with E-state index < -0.39 is 17.3 Å². The number of imide groups is 1. The Morgan fingerprint density at radius 1 is 1.39 bits per heavy atom. The summed E-state index contributed by atoms with van der Waals surface area (Å²) < 4.78 is 0.963. The van der Waals surface area contributed by atoms with Crippen LogP contribution in [0, 0.1) is 0 Å². The number of hydrogen-bond acceptors (Lipinski definition) is 4. The third kappa shape index (κ3) is 2.96. The summed E-state index contributed by atoms with van der Waals surface area (Å²) in [7, 11) is 0. The van der Waals surface area contributed by atoms with E-state index in [2.05, 4.69) is 15.6 Å². The molecule has 0 aliphatic heterocycles. The maximum atomic E-state index is 11.5. The number of rotatable bonds is 2. The highest BCUT2D eigenvalue weighted by molar-refractivity contribution is 7.22. The SMILES string of the molecule is CC(Cl)C(=O)NC(=O)Nc1nc2ccccc2s1. The minimum atomic E-state index is -0.758. The number of nitrogens with zero attached hydrogens (tertiary/aromatic N) is 1. The topological polar surface area (TPSA) is 71.1 Å². The van der Waals surface area contributed by atoms with Crippen LogP contribution in [0.5, 0.6) is 0 Å². The predicted octanol–water partition coefficient (Wildman–Crippen LogP) is 2.57. The zero-order valence-electron chi connectivity index (χ0n) is 9.44. The number of carbonyl (C=O) groups is 2. The Morgan fingerprint density at radius 3 is 2.78 bits per heavy atom. The fraction of sp³-hybridized carbons (Fsp3) is 0.182. The molecule has 1 heterocycles. The van der Waals surface area contributed by atoms with Crippen molar-refractivity contribution >= 4 is 50.2 Å². The molecule has 7 heteroatoms. The van der Waals surface area contributed by atoms with Crippen LogP contribution in [0.15, 0.2) is 24.3 Å². The van der Waals surface area contributed by atoms with Gasteiger partial charge in [-0.3, -0.25) is 15.4 Å². The number of nitrogens with one attached hydrogen (secondary N) is 2. The Bertz CT molecular complexity index is 564. The van der Waals surface area contributed by atoms with Crippen LogP contribution in [0.25, 0.3) is 10.2 Å². The van der Waals surface area contributed by atoms with Crippen molar-refractivity contribution in [3.63, 3.8) is 0 Å². The fourth-order valence-electron chi connectivity index (χ4n) is 1.27. The van der Waals surface area contributed by atoms with Gasteiger partial charge in [0.05, 0.1) is 10.2 Å². The number of benzene rings is 1. The predicted molar refractivity (Wildman–Crippen MR) is 72.1 cm³/mol. The van der Waals surface area contributed by atoms with Gasteiger partial charge in [-0.25, -0.2) is 9.78 Å². The van der Waals surface area contributed by atoms with Gasteiger partial charge in [0.15, 0.2) is 5.13 Å². The summed E-state index contributed by atoms with van der Waals surface area (Å²) in [5.74, 6) is -0.546. The number of alkyl halides is 1. The Kier molecular flexibility index (Phi) is 3.78. The van der Waals surface area contributed by atoms with Gasteiger partial charge in [-0.05, 0) is 19.1 Å². The molecule has 1 aromatic carbocycles. The lowest BCUT2D eigenvalue weighted by Gasteiger charge is -2.04. The van der Waals surface area contributed by atoms with Crippen molar-refractivity contribution < 1.29 is 9.59 Å². The normalized spacial score (nSPS) is 12.1. The molecule has 0 saturated carbocycles. The minimum absolute atomic E-state index is 0.434. The van der Waals surface area contributed by atoms with Gasteiger partial charge in [-0.2, -0.15) is 0 Å². The van der Waals surface area contributed by atoms with Gasteiger partial charge < -0.3 is 0 Å². The van der Waals surface area contributed by atoms with Crippen LogP contribution in [-0.4, -0.2) is 22.3 Å². The number of carbonyl (C=O) groups excluding carboxylic acids is 2. The lowest BCUT2D eigenvalue weighted by Crippen LogP contribution is -2.38. The van der Waals surface area contributed by atoms with Gasteiger partial charge in [0.1, 0.15) is 5.38 Å². The number of hydrogen-bond donors (Lipinski definition) is 2. The summed E-state index contributed by atoms with van der Waals surface area (Å²) >= 11 is 6.87. The van der Waals surface area contributed by atoms with Crippen molar-refractivity contribution in [1.29, 1.82) is 0 Å². The van der Waals surface area contributed by atoms with Crippen LogP contribution in [0.3, 0.4) is 0 Å². The molecule has 0 spiro atoms. The Labute approximate surface area is 112 Å². The molecule has 0 fully saturated rings. The Hall–Kier alpha value is -1.66. The molecule has 0 saturated heterocycles. The number of para-hydroxylation sites is 1. The van der Waals surface area contributed by atoms with E-state index in [9.17, 15) is 9.59 Å². The monoisotopic (exact) mass is 283 g/mol. The first-order valence-corrected chi connectivity index (χ1v) is 6.43. The van der Waals surface area contributed by atoms with Crippen LogP contribution < -0.4 is 10.6 Å². The molecule has 0 aliphatic rings. The van der Waals surface area contributed by atoms with Crippen LogP contribution >= 0.6 is 22.9 Å². The lowest BCUT2D eigenvalue weighted by molar-refractivity contribution is -0.119. The quantitative estimate of drug-likeness (QED) is 0.832. The van der Waals surface area contributed by atoms with Crippen molar-refractivity contribution in [3.05, 3.63) is 24.3 Å². The standard InChI is InChI=1S/C11H10ClN3O2S/c1-6(12)9(16)14-10(17)15-11-13-7-4-2-3-5-8(7)18-11/h2-6H,1H3,(H2,13,14,15,16,17). The number of halogens is 1. The van der Waals surface area contributed by atoms with Crippen molar-refractivity contribution in [1.82, 2.24) is 10.3 Å². The highest BCUT2D eigenvalue weighted by atomic mass is 35.5. The molecule has 1 unspecified atom stereocenters. The van der Waals surface area contributed by atoms with Gasteiger partial charge in [-0.15, -0.1) is 11.6 Å². The molecule has 94 valence electrons. The second-order valence-corrected chi connectivity index (χ2v) is 5.23. The summed E-state index contributed by atoms with van der Waals surface area (Å²) in [4.78, 5) is 26.9. The summed E-state index contributed by atoms with van der Waals surface area (Å²) in [6.07, 6.45) is 0. The largest absolute Gasteiger partial charge is 0.327 e. The Morgan fingerprint density at radius 2 is 2.11 bits per heavy atom. The Balaban J connectivity index is 2.05. The molecule has 0 bridgehead atoms. The molecular formula is C11H10ClN3O2S. The number of aromatic nitrogens is 1. The van der Waals surface area contributed by atoms with Crippen molar-refractivity contribution in [2.45, 2.75) is 12.3 Å². The second kappa shape index (κ2) is 5.32. The molecule has 1 atom stereocenters. The maximum absolute atomic E-state index is 11.5. The molecule has 3 amide bonds. The van der Waals surface area contributed by atoms with Crippen molar-refractivity contribution in [2.75, 3.05) is 5.32 Å². The van der Waals surface area contributed by atoms with Crippen LogP contribution in [-0.2, 0) is 4.79 Å². The van der Waals surface area contributed by atoms with Crippen molar-refractivity contribution in [2.24, 2.45) is 0 Å². The molecule has 2 aromatic rings. The average Bonchev–Trinajstić information content (AvgIpc) is 2.70. The number of anilines is 1. The molecule has 2 N–H and O–H groups in total. The molecule has 18 heavy (non-hydrogen) atoms. The van der Waals surface area contributed by atoms with Gasteiger partial charge in [0, 0.05) is 0 Å². The van der Waals surface area contributed by atoms with E-state index in [1.165, 1.54) is 18.3 Å². The van der Waals surface area contributed by atoms with Gasteiger partial charge in [0.2, 0.25) is 5.91 Å². The van der Waals surface area contributed by atoms with Gasteiger partial charge in [-0.1, -0.05) is 23.5 Å². The third-order valence-corrected chi connectivity index (χ3v) is 3.26. The van der Waals surface area contributed by atoms with Crippen molar-refractivity contribution in [3.8, 4) is 0 Å². The van der Waals surface area contributed by atoms with E-state index in [4.69, 9.17) is 11.6 Å². The molecule has 5 nitrogen and oxygen atoms in total. The zero-order valence-corrected chi connectivity index (χ0v) is 11.0. The summed E-state index contributed by atoms with van der Waals surface area (Å²) in [6, 6.07) is 6.88. The zero-order chi connectivity index (χ0) is 13.1. The third-order valence-electron chi connectivity index (χ3n) is 2.11.